The van der Waals surface area contributed by atoms with Crippen molar-refractivity contribution in [3.05, 3.63) is 69.8 Å². The molecule has 0 aliphatic carbocycles. The van der Waals surface area contributed by atoms with E-state index in [4.69, 9.17) is 0 Å². The lowest BCUT2D eigenvalue weighted by Gasteiger charge is -2.16. The van der Waals surface area contributed by atoms with Gasteiger partial charge in [0.25, 0.3) is 0 Å². The smallest absolute Gasteiger partial charge is 0.00201 e. The molecule has 2 aromatic rings. The fourth-order valence-corrected chi connectivity index (χ4v) is 3.48. The topological polar surface area (TPSA) is 0 Å². The molecule has 0 amide bonds. The Labute approximate surface area is 130 Å². The summed E-state index contributed by atoms with van der Waals surface area (Å²) in [7, 11) is 0. The minimum Gasteiger partial charge on any atom is -0.0617 e. The van der Waals surface area contributed by atoms with Crippen molar-refractivity contribution >= 4 is 0 Å². The maximum Gasteiger partial charge on any atom is -0.00201 e. The Morgan fingerprint density at radius 3 is 1.24 bits per heavy atom. The van der Waals surface area contributed by atoms with Gasteiger partial charge < -0.3 is 0 Å². The molecule has 0 radical (unpaired) electrons. The zero-order chi connectivity index (χ0) is 15.2. The van der Waals surface area contributed by atoms with E-state index in [1.165, 1.54) is 22.3 Å². The van der Waals surface area contributed by atoms with Crippen LogP contribution in [-0.2, 0) is 32.1 Å². The molecule has 112 valence electrons. The summed E-state index contributed by atoms with van der Waals surface area (Å²) in [6, 6.07) is 13.6. The quantitative estimate of drug-likeness (QED) is 0.653. The van der Waals surface area contributed by atoms with Gasteiger partial charge in [-0.3, -0.25) is 0 Å². The summed E-state index contributed by atoms with van der Waals surface area (Å²) in [5, 5.41) is 0. The standard InChI is InChI=1S/C21H28/c1-5-16-11-9-13-18(20(16)7-3)15-19-14-10-12-17(6-2)21(19)8-4/h9-14H,5-8,15H2,1-4H3. The first-order valence-corrected chi connectivity index (χ1v) is 8.44. The highest BCUT2D eigenvalue weighted by Gasteiger charge is 2.10. The fourth-order valence-electron chi connectivity index (χ4n) is 3.48. The third-order valence-corrected chi connectivity index (χ3v) is 4.59. The molecule has 0 saturated carbocycles. The molecular weight excluding hydrogens is 252 g/mol. The molecule has 0 saturated heterocycles. The second kappa shape index (κ2) is 7.45. The lowest BCUT2D eigenvalue weighted by atomic mass is 9.89. The predicted molar refractivity (Wildman–Crippen MR) is 93.2 cm³/mol. The SMILES string of the molecule is CCc1cccc(Cc2cccc(CC)c2CC)c1CC. The van der Waals surface area contributed by atoms with Crippen LogP contribution < -0.4 is 0 Å². The average Bonchev–Trinajstić information content (AvgIpc) is 2.54. The Morgan fingerprint density at radius 2 is 0.905 bits per heavy atom. The van der Waals surface area contributed by atoms with Crippen LogP contribution >= 0.6 is 0 Å². The molecule has 0 fully saturated rings. The normalized spacial score (nSPS) is 10.9. The van der Waals surface area contributed by atoms with Crippen molar-refractivity contribution < 1.29 is 0 Å². The Kier molecular flexibility index (Phi) is 5.61. The first-order chi connectivity index (χ1) is 10.2. The Balaban J connectivity index is 2.43. The van der Waals surface area contributed by atoms with Crippen LogP contribution in [-0.4, -0.2) is 0 Å². The molecule has 0 aliphatic rings. The molecule has 2 rings (SSSR count). The molecule has 0 atom stereocenters. The molecule has 0 aliphatic heterocycles. The molecule has 0 aromatic heterocycles. The van der Waals surface area contributed by atoms with E-state index in [0.717, 1.165) is 32.1 Å². The summed E-state index contributed by atoms with van der Waals surface area (Å²) in [6.45, 7) is 9.07. The van der Waals surface area contributed by atoms with Crippen molar-refractivity contribution in [2.45, 2.75) is 59.8 Å². The van der Waals surface area contributed by atoms with E-state index >= 15 is 0 Å². The first kappa shape index (κ1) is 15.8. The van der Waals surface area contributed by atoms with Crippen molar-refractivity contribution in [1.82, 2.24) is 0 Å². The minimum atomic E-state index is 1.08. The van der Waals surface area contributed by atoms with Crippen molar-refractivity contribution in [3.63, 3.8) is 0 Å². The van der Waals surface area contributed by atoms with Gasteiger partial charge in [-0.1, -0.05) is 64.1 Å². The lowest BCUT2D eigenvalue weighted by Crippen LogP contribution is -2.03. The van der Waals surface area contributed by atoms with Gasteiger partial charge in [0.15, 0.2) is 0 Å². The number of rotatable bonds is 6. The third-order valence-electron chi connectivity index (χ3n) is 4.59. The Bertz CT molecular complexity index is 539. The molecule has 0 unspecified atom stereocenters. The monoisotopic (exact) mass is 280 g/mol. The Hall–Kier alpha value is -1.56. The van der Waals surface area contributed by atoms with Gasteiger partial charge in [0.05, 0.1) is 0 Å². The van der Waals surface area contributed by atoms with Crippen molar-refractivity contribution in [2.24, 2.45) is 0 Å². The van der Waals surface area contributed by atoms with Gasteiger partial charge >= 0.3 is 0 Å². The molecule has 0 nitrogen and oxygen atoms in total. The van der Waals surface area contributed by atoms with Gasteiger partial charge in [-0.25, -0.2) is 0 Å². The van der Waals surface area contributed by atoms with Crippen molar-refractivity contribution in [3.8, 4) is 0 Å². The summed E-state index contributed by atoms with van der Waals surface area (Å²) in [4.78, 5) is 0. The summed E-state index contributed by atoms with van der Waals surface area (Å²) in [6.07, 6.45) is 5.61. The third kappa shape index (κ3) is 3.37. The van der Waals surface area contributed by atoms with Gasteiger partial charge in [-0.05, 0) is 65.5 Å². The lowest BCUT2D eigenvalue weighted by molar-refractivity contribution is 0.964. The minimum absolute atomic E-state index is 1.08. The average molecular weight is 280 g/mol. The van der Waals surface area contributed by atoms with E-state index in [9.17, 15) is 0 Å². The van der Waals surface area contributed by atoms with Crippen LogP contribution in [0, 0.1) is 0 Å². The van der Waals surface area contributed by atoms with E-state index in [-0.39, 0.29) is 0 Å². The zero-order valence-electron chi connectivity index (χ0n) is 14.0. The molecule has 0 N–H and O–H groups in total. The molecule has 2 aromatic carbocycles. The van der Waals surface area contributed by atoms with E-state index in [2.05, 4.69) is 64.1 Å². The summed E-state index contributed by atoms with van der Waals surface area (Å²) in [5.74, 6) is 0. The fraction of sp³-hybridized carbons (Fsp3) is 0.429. The van der Waals surface area contributed by atoms with E-state index in [0.29, 0.717) is 0 Å². The van der Waals surface area contributed by atoms with E-state index in [1.54, 1.807) is 11.1 Å². The highest BCUT2D eigenvalue weighted by molar-refractivity contribution is 5.43. The summed E-state index contributed by atoms with van der Waals surface area (Å²) >= 11 is 0. The first-order valence-electron chi connectivity index (χ1n) is 8.44. The molecule has 0 spiro atoms. The highest BCUT2D eigenvalue weighted by atomic mass is 14.1. The van der Waals surface area contributed by atoms with Crippen LogP contribution in [0.2, 0.25) is 0 Å². The van der Waals surface area contributed by atoms with Crippen molar-refractivity contribution in [1.29, 1.82) is 0 Å². The number of aryl methyl sites for hydroxylation is 2. The molecule has 0 bridgehead atoms. The second-order valence-corrected chi connectivity index (χ2v) is 5.70. The number of hydrogen-bond acceptors (Lipinski definition) is 0. The van der Waals surface area contributed by atoms with Crippen LogP contribution in [0.25, 0.3) is 0 Å². The van der Waals surface area contributed by atoms with Gasteiger partial charge in [0.2, 0.25) is 0 Å². The maximum absolute atomic E-state index is 2.32. The maximum atomic E-state index is 2.32. The molecule has 0 heteroatoms. The van der Waals surface area contributed by atoms with Gasteiger partial charge in [-0.2, -0.15) is 0 Å². The van der Waals surface area contributed by atoms with Crippen LogP contribution in [0.1, 0.15) is 61.1 Å². The Morgan fingerprint density at radius 1 is 0.524 bits per heavy atom. The summed E-state index contributed by atoms with van der Waals surface area (Å²) in [5.41, 5.74) is 9.17. The zero-order valence-corrected chi connectivity index (χ0v) is 14.0. The van der Waals surface area contributed by atoms with Gasteiger partial charge in [-0.15, -0.1) is 0 Å². The largest absolute Gasteiger partial charge is 0.0617 e. The highest BCUT2D eigenvalue weighted by Crippen LogP contribution is 2.24. The van der Waals surface area contributed by atoms with Crippen LogP contribution in [0.5, 0.6) is 0 Å². The van der Waals surface area contributed by atoms with Gasteiger partial charge in [0.1, 0.15) is 0 Å². The van der Waals surface area contributed by atoms with Crippen LogP contribution in [0.3, 0.4) is 0 Å². The molecular formula is C21H28. The predicted octanol–water partition coefficient (Wildman–Crippen LogP) is 5.53. The summed E-state index contributed by atoms with van der Waals surface area (Å²) < 4.78 is 0. The van der Waals surface area contributed by atoms with E-state index < -0.39 is 0 Å². The molecule has 0 heterocycles. The number of benzene rings is 2. The molecule has 21 heavy (non-hydrogen) atoms. The number of hydrogen-bond donors (Lipinski definition) is 0. The van der Waals surface area contributed by atoms with Crippen molar-refractivity contribution in [2.75, 3.05) is 0 Å². The van der Waals surface area contributed by atoms with Crippen LogP contribution in [0.15, 0.2) is 36.4 Å². The van der Waals surface area contributed by atoms with E-state index in [1.807, 2.05) is 0 Å². The van der Waals surface area contributed by atoms with Gasteiger partial charge in [0, 0.05) is 0 Å². The second-order valence-electron chi connectivity index (χ2n) is 5.70. The van der Waals surface area contributed by atoms with Crippen LogP contribution in [0.4, 0.5) is 0 Å².